The summed E-state index contributed by atoms with van der Waals surface area (Å²) in [6.07, 6.45) is 2.31. The Labute approximate surface area is 109 Å². The Hall–Kier alpha value is -0.720. The zero-order chi connectivity index (χ0) is 12.3. The molecule has 0 N–H and O–H groups in total. The molecular formula is C11H15IN2O2. The molecule has 0 unspecified atom stereocenters. The molecule has 0 aromatic carbocycles. The number of rotatable bonds is 4. The standard InChI is InChI=1S/C11H15IN2O2/c1-4-7-8(5-2)10(14(15)16)11(12)13-9(7)6-3/h4-6H2,1-3H3. The Balaban J connectivity index is 3.57. The molecule has 0 fully saturated rings. The molecule has 5 heteroatoms. The number of hydrogen-bond donors (Lipinski definition) is 0. The summed E-state index contributed by atoms with van der Waals surface area (Å²) in [6, 6.07) is 0. The number of nitro groups is 1. The molecule has 0 amide bonds. The lowest BCUT2D eigenvalue weighted by molar-refractivity contribution is -0.386. The monoisotopic (exact) mass is 334 g/mol. The molecule has 0 aliphatic heterocycles. The summed E-state index contributed by atoms with van der Waals surface area (Å²) in [5.41, 5.74) is 3.09. The number of aromatic nitrogens is 1. The summed E-state index contributed by atoms with van der Waals surface area (Å²) in [6.45, 7) is 6.01. The second-order valence-electron chi connectivity index (χ2n) is 3.47. The van der Waals surface area contributed by atoms with Gasteiger partial charge in [-0.2, -0.15) is 0 Å². The zero-order valence-corrected chi connectivity index (χ0v) is 11.9. The van der Waals surface area contributed by atoms with Crippen LogP contribution < -0.4 is 0 Å². The minimum Gasteiger partial charge on any atom is -0.258 e. The quantitative estimate of drug-likeness (QED) is 0.367. The summed E-state index contributed by atoms with van der Waals surface area (Å²) in [4.78, 5) is 15.1. The van der Waals surface area contributed by atoms with E-state index in [-0.39, 0.29) is 10.6 Å². The van der Waals surface area contributed by atoms with Crippen molar-refractivity contribution in [2.45, 2.75) is 40.0 Å². The van der Waals surface area contributed by atoms with Crippen LogP contribution in [-0.4, -0.2) is 9.91 Å². The van der Waals surface area contributed by atoms with Gasteiger partial charge in [0.05, 0.1) is 4.92 Å². The smallest absolute Gasteiger partial charge is 0.258 e. The molecule has 88 valence electrons. The molecule has 1 heterocycles. The van der Waals surface area contributed by atoms with Crippen LogP contribution >= 0.6 is 22.6 Å². The van der Waals surface area contributed by atoms with Gasteiger partial charge in [-0.15, -0.1) is 0 Å². The Morgan fingerprint density at radius 2 is 1.75 bits per heavy atom. The molecule has 0 aliphatic rings. The highest BCUT2D eigenvalue weighted by atomic mass is 127. The van der Waals surface area contributed by atoms with Crippen molar-refractivity contribution < 1.29 is 4.92 Å². The van der Waals surface area contributed by atoms with Crippen molar-refractivity contribution in [1.82, 2.24) is 4.98 Å². The second kappa shape index (κ2) is 5.56. The topological polar surface area (TPSA) is 56.0 Å². The van der Waals surface area contributed by atoms with Crippen LogP contribution in [0.25, 0.3) is 0 Å². The lowest BCUT2D eigenvalue weighted by Crippen LogP contribution is -2.08. The van der Waals surface area contributed by atoms with Gasteiger partial charge in [-0.25, -0.2) is 4.98 Å². The molecule has 0 saturated heterocycles. The number of aryl methyl sites for hydroxylation is 1. The summed E-state index contributed by atoms with van der Waals surface area (Å²) >= 11 is 1.95. The molecule has 0 aliphatic carbocycles. The van der Waals surface area contributed by atoms with Gasteiger partial charge in [-0.3, -0.25) is 10.1 Å². The molecule has 0 bridgehead atoms. The zero-order valence-electron chi connectivity index (χ0n) is 9.71. The van der Waals surface area contributed by atoms with E-state index in [1.54, 1.807) is 0 Å². The van der Waals surface area contributed by atoms with Gasteiger partial charge in [0.1, 0.15) is 0 Å². The second-order valence-corrected chi connectivity index (χ2v) is 4.49. The van der Waals surface area contributed by atoms with Crippen molar-refractivity contribution in [3.05, 3.63) is 30.6 Å². The molecule has 0 spiro atoms. The van der Waals surface area contributed by atoms with E-state index >= 15 is 0 Å². The average Bonchev–Trinajstić information content (AvgIpc) is 2.26. The third kappa shape index (κ3) is 2.34. The SMILES string of the molecule is CCc1nc(I)c([N+](=O)[O-])c(CC)c1CC. The maximum absolute atomic E-state index is 11.0. The third-order valence-electron chi connectivity index (χ3n) is 2.65. The Morgan fingerprint density at radius 3 is 2.12 bits per heavy atom. The van der Waals surface area contributed by atoms with E-state index in [9.17, 15) is 10.1 Å². The van der Waals surface area contributed by atoms with Crippen LogP contribution in [0, 0.1) is 13.8 Å². The van der Waals surface area contributed by atoms with Gasteiger partial charge in [0.2, 0.25) is 0 Å². The van der Waals surface area contributed by atoms with Crippen LogP contribution in [0.4, 0.5) is 5.69 Å². The van der Waals surface area contributed by atoms with E-state index in [1.165, 1.54) is 0 Å². The minimum atomic E-state index is -0.313. The Bertz CT molecular complexity index is 419. The summed E-state index contributed by atoms with van der Waals surface area (Å²) in [5.74, 6) is 0. The Kier molecular flexibility index (Phi) is 4.64. The van der Waals surface area contributed by atoms with Crippen molar-refractivity contribution >= 4 is 28.3 Å². The van der Waals surface area contributed by atoms with E-state index in [4.69, 9.17) is 0 Å². The lowest BCUT2D eigenvalue weighted by Gasteiger charge is -2.12. The molecule has 0 saturated carbocycles. The van der Waals surface area contributed by atoms with Gasteiger partial charge in [0, 0.05) is 11.3 Å². The normalized spacial score (nSPS) is 10.5. The van der Waals surface area contributed by atoms with Gasteiger partial charge in [0.15, 0.2) is 3.70 Å². The van der Waals surface area contributed by atoms with Gasteiger partial charge in [0.25, 0.3) is 0 Å². The fourth-order valence-corrected chi connectivity index (χ4v) is 2.77. The highest BCUT2D eigenvalue weighted by Gasteiger charge is 2.23. The van der Waals surface area contributed by atoms with Crippen molar-refractivity contribution in [2.75, 3.05) is 0 Å². The Morgan fingerprint density at radius 1 is 1.19 bits per heavy atom. The van der Waals surface area contributed by atoms with E-state index in [1.807, 2.05) is 43.4 Å². The van der Waals surface area contributed by atoms with Crippen molar-refractivity contribution in [2.24, 2.45) is 0 Å². The molecule has 4 nitrogen and oxygen atoms in total. The number of halogens is 1. The van der Waals surface area contributed by atoms with Crippen molar-refractivity contribution in [3.8, 4) is 0 Å². The van der Waals surface area contributed by atoms with Crippen molar-refractivity contribution in [1.29, 1.82) is 0 Å². The molecule has 1 rings (SSSR count). The predicted molar refractivity (Wildman–Crippen MR) is 71.7 cm³/mol. The van der Waals surface area contributed by atoms with Crippen molar-refractivity contribution in [3.63, 3.8) is 0 Å². The predicted octanol–water partition coefficient (Wildman–Crippen LogP) is 3.28. The summed E-state index contributed by atoms with van der Waals surface area (Å²) in [7, 11) is 0. The van der Waals surface area contributed by atoms with Gasteiger partial charge < -0.3 is 0 Å². The van der Waals surface area contributed by atoms with E-state index < -0.39 is 0 Å². The van der Waals surface area contributed by atoms with E-state index in [0.29, 0.717) is 10.1 Å². The highest BCUT2D eigenvalue weighted by Crippen LogP contribution is 2.30. The van der Waals surface area contributed by atoms with Gasteiger partial charge in [-0.1, -0.05) is 20.8 Å². The molecule has 0 atom stereocenters. The van der Waals surface area contributed by atoms with Gasteiger partial charge >= 0.3 is 5.69 Å². The number of hydrogen-bond acceptors (Lipinski definition) is 3. The first-order chi connectivity index (χ1) is 7.56. The first-order valence-electron chi connectivity index (χ1n) is 5.41. The van der Waals surface area contributed by atoms with Gasteiger partial charge in [-0.05, 0) is 47.4 Å². The fourth-order valence-electron chi connectivity index (χ4n) is 1.96. The summed E-state index contributed by atoms with van der Waals surface area (Å²) in [5, 5.41) is 11.0. The van der Waals surface area contributed by atoms with Crippen LogP contribution in [-0.2, 0) is 19.3 Å². The molecule has 1 aromatic heterocycles. The third-order valence-corrected chi connectivity index (χ3v) is 3.40. The van der Waals surface area contributed by atoms with Crippen LogP contribution in [0.1, 0.15) is 37.6 Å². The van der Waals surface area contributed by atoms with E-state index in [2.05, 4.69) is 4.98 Å². The largest absolute Gasteiger partial charge is 0.304 e. The molecular weight excluding hydrogens is 319 g/mol. The lowest BCUT2D eigenvalue weighted by atomic mass is 9.99. The highest BCUT2D eigenvalue weighted by molar-refractivity contribution is 14.1. The van der Waals surface area contributed by atoms with Crippen LogP contribution in [0.15, 0.2) is 0 Å². The maximum atomic E-state index is 11.0. The molecule has 0 radical (unpaired) electrons. The average molecular weight is 334 g/mol. The number of nitrogens with zero attached hydrogens (tertiary/aromatic N) is 2. The fraction of sp³-hybridized carbons (Fsp3) is 0.545. The minimum absolute atomic E-state index is 0.192. The first-order valence-corrected chi connectivity index (χ1v) is 6.49. The van der Waals surface area contributed by atoms with E-state index in [0.717, 1.165) is 29.7 Å². The molecule has 16 heavy (non-hydrogen) atoms. The van der Waals surface area contributed by atoms with Crippen LogP contribution in [0.5, 0.6) is 0 Å². The number of pyridine rings is 1. The molecule has 1 aromatic rings. The summed E-state index contributed by atoms with van der Waals surface area (Å²) < 4.78 is 0.508. The first kappa shape index (κ1) is 13.3. The van der Waals surface area contributed by atoms with Crippen LogP contribution in [0.3, 0.4) is 0 Å². The maximum Gasteiger partial charge on any atom is 0.304 e. The van der Waals surface area contributed by atoms with Crippen LogP contribution in [0.2, 0.25) is 0 Å².